The van der Waals surface area contributed by atoms with Crippen molar-refractivity contribution in [2.75, 3.05) is 0 Å². The van der Waals surface area contributed by atoms with Crippen molar-refractivity contribution in [1.29, 1.82) is 0 Å². The summed E-state index contributed by atoms with van der Waals surface area (Å²) in [6.45, 7) is 0. The van der Waals surface area contributed by atoms with Crippen molar-refractivity contribution in [3.8, 4) is 0 Å². The number of hydrogen-bond acceptors (Lipinski definition) is 2. The van der Waals surface area contributed by atoms with Crippen LogP contribution >= 0.6 is 0 Å². The molecular weight excluding hydrogens is 190 g/mol. The average molecular weight is 201 g/mol. The van der Waals surface area contributed by atoms with E-state index in [0.717, 1.165) is 11.0 Å². The van der Waals surface area contributed by atoms with E-state index in [2.05, 4.69) is 9.55 Å². The maximum Gasteiger partial charge on any atom is 0.250 e. The van der Waals surface area contributed by atoms with Crippen LogP contribution in [0.25, 0.3) is 11.0 Å². The zero-order chi connectivity index (χ0) is 10.4. The lowest BCUT2D eigenvalue weighted by molar-refractivity contribution is 0.100. The minimum atomic E-state index is -0.386. The summed E-state index contributed by atoms with van der Waals surface area (Å²) in [5, 5.41) is 0. The lowest BCUT2D eigenvalue weighted by atomic mass is 10.1. The molecule has 76 valence electrons. The molecule has 0 spiro atoms. The highest BCUT2D eigenvalue weighted by Gasteiger charge is 2.26. The topological polar surface area (TPSA) is 60.9 Å². The van der Waals surface area contributed by atoms with Crippen LogP contribution in [0.15, 0.2) is 24.5 Å². The third-order valence-corrected chi connectivity index (χ3v) is 2.80. The summed E-state index contributed by atoms with van der Waals surface area (Å²) < 4.78 is 2.06. The van der Waals surface area contributed by atoms with Gasteiger partial charge in [0.05, 0.1) is 22.9 Å². The summed E-state index contributed by atoms with van der Waals surface area (Å²) in [6.07, 6.45) is 4.13. The summed E-state index contributed by atoms with van der Waals surface area (Å²) >= 11 is 0. The van der Waals surface area contributed by atoms with Crippen molar-refractivity contribution >= 4 is 16.9 Å². The third kappa shape index (κ3) is 1.21. The van der Waals surface area contributed by atoms with E-state index >= 15 is 0 Å². The highest BCUT2D eigenvalue weighted by Crippen LogP contribution is 2.37. The summed E-state index contributed by atoms with van der Waals surface area (Å²) in [5.41, 5.74) is 7.64. The number of aromatic nitrogens is 2. The largest absolute Gasteiger partial charge is 0.366 e. The van der Waals surface area contributed by atoms with Crippen LogP contribution in [0.1, 0.15) is 29.2 Å². The van der Waals surface area contributed by atoms with Crippen molar-refractivity contribution in [3.05, 3.63) is 30.1 Å². The first kappa shape index (κ1) is 8.47. The minimum absolute atomic E-state index is 0.386. The molecule has 0 radical (unpaired) electrons. The van der Waals surface area contributed by atoms with Gasteiger partial charge in [-0.25, -0.2) is 4.98 Å². The molecule has 4 nitrogen and oxygen atoms in total. The smallest absolute Gasteiger partial charge is 0.250 e. The number of hydrogen-bond donors (Lipinski definition) is 1. The molecule has 15 heavy (non-hydrogen) atoms. The molecule has 1 aromatic carbocycles. The first-order valence-electron chi connectivity index (χ1n) is 5.03. The van der Waals surface area contributed by atoms with Gasteiger partial charge in [0.2, 0.25) is 0 Å². The molecule has 0 bridgehead atoms. The first-order chi connectivity index (χ1) is 7.27. The van der Waals surface area contributed by atoms with E-state index in [9.17, 15) is 4.79 Å². The van der Waals surface area contributed by atoms with Gasteiger partial charge in [0, 0.05) is 6.04 Å². The highest BCUT2D eigenvalue weighted by atomic mass is 16.1. The number of carbonyl (C=O) groups excluding carboxylic acids is 1. The number of nitrogens with two attached hydrogens (primary N) is 1. The van der Waals surface area contributed by atoms with Crippen LogP contribution in [0.2, 0.25) is 0 Å². The van der Waals surface area contributed by atoms with E-state index in [1.165, 1.54) is 12.8 Å². The van der Waals surface area contributed by atoms with Gasteiger partial charge in [-0.1, -0.05) is 6.07 Å². The molecule has 1 saturated carbocycles. The second-order valence-corrected chi connectivity index (χ2v) is 3.92. The lowest BCUT2D eigenvalue weighted by Crippen LogP contribution is -2.12. The Morgan fingerprint density at radius 3 is 2.93 bits per heavy atom. The van der Waals surface area contributed by atoms with E-state index in [-0.39, 0.29) is 5.91 Å². The number of rotatable bonds is 2. The normalized spacial score (nSPS) is 15.7. The summed E-state index contributed by atoms with van der Waals surface area (Å²) in [5.74, 6) is -0.386. The second kappa shape index (κ2) is 2.82. The van der Waals surface area contributed by atoms with E-state index < -0.39 is 0 Å². The van der Waals surface area contributed by atoms with E-state index in [4.69, 9.17) is 5.73 Å². The fraction of sp³-hybridized carbons (Fsp3) is 0.273. The van der Waals surface area contributed by atoms with E-state index in [1.807, 2.05) is 12.1 Å². The summed E-state index contributed by atoms with van der Waals surface area (Å²) in [6, 6.07) is 5.98. The van der Waals surface area contributed by atoms with Gasteiger partial charge < -0.3 is 10.3 Å². The number of primary amides is 1. The van der Waals surface area contributed by atoms with Crippen molar-refractivity contribution in [1.82, 2.24) is 9.55 Å². The Kier molecular flexibility index (Phi) is 1.59. The molecule has 1 fully saturated rings. The maximum absolute atomic E-state index is 11.3. The molecular formula is C11H11N3O. The molecule has 1 amide bonds. The first-order valence-corrected chi connectivity index (χ1v) is 5.03. The maximum atomic E-state index is 11.3. The number of amides is 1. The SMILES string of the molecule is NC(=O)c1cccc2ncn(C3CC3)c12. The van der Waals surface area contributed by atoms with Crippen molar-refractivity contribution in [2.24, 2.45) is 5.73 Å². The molecule has 1 heterocycles. The van der Waals surface area contributed by atoms with Gasteiger partial charge >= 0.3 is 0 Å². The highest BCUT2D eigenvalue weighted by molar-refractivity contribution is 6.04. The Hall–Kier alpha value is -1.84. The third-order valence-electron chi connectivity index (χ3n) is 2.80. The van der Waals surface area contributed by atoms with Crippen LogP contribution in [0.3, 0.4) is 0 Å². The van der Waals surface area contributed by atoms with E-state index in [1.54, 1.807) is 12.4 Å². The van der Waals surface area contributed by atoms with Gasteiger partial charge in [-0.15, -0.1) is 0 Å². The fourth-order valence-electron chi connectivity index (χ4n) is 1.92. The number of para-hydroxylation sites is 1. The number of fused-ring (bicyclic) bond motifs is 1. The van der Waals surface area contributed by atoms with Crippen LogP contribution in [0.5, 0.6) is 0 Å². The van der Waals surface area contributed by atoms with Crippen molar-refractivity contribution < 1.29 is 4.79 Å². The van der Waals surface area contributed by atoms with Crippen molar-refractivity contribution in [2.45, 2.75) is 18.9 Å². The monoisotopic (exact) mass is 201 g/mol. The molecule has 0 aliphatic heterocycles. The van der Waals surface area contributed by atoms with Gasteiger partial charge in [0.1, 0.15) is 0 Å². The number of imidazole rings is 1. The Balaban J connectivity index is 2.33. The zero-order valence-corrected chi connectivity index (χ0v) is 8.18. The zero-order valence-electron chi connectivity index (χ0n) is 8.18. The molecule has 2 aromatic rings. The fourth-order valence-corrected chi connectivity index (χ4v) is 1.92. The van der Waals surface area contributed by atoms with Crippen LogP contribution in [-0.4, -0.2) is 15.5 Å². The summed E-state index contributed by atoms with van der Waals surface area (Å²) in [4.78, 5) is 15.6. The molecule has 4 heteroatoms. The van der Waals surface area contributed by atoms with Gasteiger partial charge in [0.15, 0.2) is 0 Å². The quantitative estimate of drug-likeness (QED) is 0.799. The van der Waals surface area contributed by atoms with Gasteiger partial charge in [0.25, 0.3) is 5.91 Å². The van der Waals surface area contributed by atoms with Gasteiger partial charge in [-0.05, 0) is 25.0 Å². The number of nitrogens with zero attached hydrogens (tertiary/aromatic N) is 2. The molecule has 3 rings (SSSR count). The molecule has 0 saturated heterocycles. The average Bonchev–Trinajstić information content (AvgIpc) is 2.97. The van der Waals surface area contributed by atoms with Crippen LogP contribution < -0.4 is 5.73 Å². The molecule has 1 aromatic heterocycles. The number of carbonyl (C=O) groups is 1. The van der Waals surface area contributed by atoms with Gasteiger partial charge in [-0.2, -0.15) is 0 Å². The lowest BCUT2D eigenvalue weighted by Gasteiger charge is -2.04. The Labute approximate surface area is 86.7 Å². The molecule has 1 aliphatic rings. The van der Waals surface area contributed by atoms with E-state index in [0.29, 0.717) is 11.6 Å². The van der Waals surface area contributed by atoms with Gasteiger partial charge in [-0.3, -0.25) is 4.79 Å². The predicted molar refractivity (Wildman–Crippen MR) is 56.5 cm³/mol. The predicted octanol–water partition coefficient (Wildman–Crippen LogP) is 1.47. The molecule has 0 unspecified atom stereocenters. The molecule has 2 N–H and O–H groups in total. The Bertz CT molecular complexity index is 540. The standard InChI is InChI=1S/C11H11N3O/c12-11(15)8-2-1-3-9-10(8)14(6-13-9)7-4-5-7/h1-3,6-7H,4-5H2,(H2,12,15). The second-order valence-electron chi connectivity index (χ2n) is 3.92. The Morgan fingerprint density at radius 1 is 1.47 bits per heavy atom. The number of benzene rings is 1. The molecule has 1 aliphatic carbocycles. The van der Waals surface area contributed by atoms with Crippen LogP contribution in [0, 0.1) is 0 Å². The van der Waals surface area contributed by atoms with Crippen LogP contribution in [-0.2, 0) is 0 Å². The summed E-state index contributed by atoms with van der Waals surface area (Å²) in [7, 11) is 0. The van der Waals surface area contributed by atoms with Crippen molar-refractivity contribution in [3.63, 3.8) is 0 Å². The van der Waals surface area contributed by atoms with Crippen LogP contribution in [0.4, 0.5) is 0 Å². The minimum Gasteiger partial charge on any atom is -0.366 e. The Morgan fingerprint density at radius 2 is 2.27 bits per heavy atom. The molecule has 0 atom stereocenters.